The third-order valence-corrected chi connectivity index (χ3v) is 6.22. The molecule has 0 unspecified atom stereocenters. The fourth-order valence-electron chi connectivity index (χ4n) is 4.19. The number of aromatic nitrogens is 5. The summed E-state index contributed by atoms with van der Waals surface area (Å²) in [5.41, 5.74) is 3.14. The molecule has 0 spiro atoms. The van der Waals surface area contributed by atoms with E-state index in [1.54, 1.807) is 11.0 Å². The molecule has 1 aromatic carbocycles. The van der Waals surface area contributed by atoms with E-state index in [0.717, 1.165) is 49.5 Å². The summed E-state index contributed by atoms with van der Waals surface area (Å²) < 4.78 is 17.5. The van der Waals surface area contributed by atoms with E-state index in [1.807, 2.05) is 37.3 Å². The molecule has 4 rings (SSSR count). The number of hydrogen-bond acceptors (Lipinski definition) is 7. The van der Waals surface area contributed by atoms with E-state index in [1.165, 1.54) is 0 Å². The molecule has 1 fully saturated rings. The van der Waals surface area contributed by atoms with Crippen LogP contribution in [0.2, 0.25) is 5.02 Å². The summed E-state index contributed by atoms with van der Waals surface area (Å²) in [6, 6.07) is 10.1. The van der Waals surface area contributed by atoms with Gasteiger partial charge in [-0.1, -0.05) is 29.8 Å². The van der Waals surface area contributed by atoms with Crippen LogP contribution in [-0.4, -0.2) is 80.5 Å². The first-order chi connectivity index (χ1) is 17.0. The average Bonchev–Trinajstić information content (AvgIpc) is 3.25. The number of hydrogen-bond donors (Lipinski definition) is 0. The van der Waals surface area contributed by atoms with Gasteiger partial charge >= 0.3 is 0 Å². The molecular weight excluding hydrogens is 469 g/mol. The van der Waals surface area contributed by atoms with Crippen LogP contribution in [0.1, 0.15) is 29.6 Å². The molecule has 1 saturated heterocycles. The molecule has 1 aliphatic rings. The maximum atomic E-state index is 12.2. The summed E-state index contributed by atoms with van der Waals surface area (Å²) in [6.07, 6.45) is 6.02. The first-order valence-electron chi connectivity index (χ1n) is 11.8. The number of nitrogens with zero attached hydrogens (tertiary/aromatic N) is 7. The minimum absolute atomic E-state index is 0.0625. The van der Waals surface area contributed by atoms with Gasteiger partial charge in [0.05, 0.1) is 18.4 Å². The van der Waals surface area contributed by atoms with Gasteiger partial charge < -0.3 is 4.74 Å². The second kappa shape index (κ2) is 12.2. The van der Waals surface area contributed by atoms with Crippen molar-refractivity contribution in [2.75, 3.05) is 39.5 Å². The molecule has 0 amide bonds. The lowest BCUT2D eigenvalue weighted by atomic mass is 10.1. The zero-order chi connectivity index (χ0) is 24.6. The summed E-state index contributed by atoms with van der Waals surface area (Å²) in [7, 11) is 0. The zero-order valence-electron chi connectivity index (χ0n) is 20.1. The van der Waals surface area contributed by atoms with Gasteiger partial charge in [-0.3, -0.25) is 14.8 Å². The fraction of sp³-hybridized carbons (Fsp3) is 0.440. The Hall–Kier alpha value is -2.88. The lowest BCUT2D eigenvalue weighted by Gasteiger charge is -2.39. The molecule has 0 bridgehead atoms. The molecule has 0 N–H and O–H groups in total. The van der Waals surface area contributed by atoms with Crippen molar-refractivity contribution in [2.24, 2.45) is 0 Å². The van der Waals surface area contributed by atoms with Gasteiger partial charge in [0.2, 0.25) is 0 Å². The Morgan fingerprint density at radius 1 is 1.20 bits per heavy atom. The highest BCUT2D eigenvalue weighted by Gasteiger charge is 2.23. The molecule has 1 aliphatic heterocycles. The van der Waals surface area contributed by atoms with Crippen molar-refractivity contribution in [2.45, 2.75) is 33.0 Å². The highest BCUT2D eigenvalue weighted by molar-refractivity contribution is 6.30. The predicted molar refractivity (Wildman–Crippen MR) is 134 cm³/mol. The Bertz CT molecular complexity index is 1120. The van der Waals surface area contributed by atoms with Crippen molar-refractivity contribution in [3.63, 3.8) is 0 Å². The Kier molecular flexibility index (Phi) is 8.79. The van der Waals surface area contributed by atoms with E-state index in [-0.39, 0.29) is 6.61 Å². The number of benzene rings is 1. The standard InChI is InChI=1S/C25H31ClFN7O/c1-19-16-32(18-24-7-8-25(15-28-24)35-13-9-27)11-12-33(19)10-3-4-21-5-6-23(26)14-22(21)17-34-30-20(2)29-31-34/h3-8,14-15,19H,9-13,16-18H2,1-2H3/b4-3+/t19-/m1/s1. The monoisotopic (exact) mass is 499 g/mol. The molecule has 0 aliphatic carbocycles. The van der Waals surface area contributed by atoms with Crippen LogP contribution >= 0.6 is 11.6 Å². The molecule has 35 heavy (non-hydrogen) atoms. The number of pyridine rings is 1. The van der Waals surface area contributed by atoms with E-state index in [0.29, 0.717) is 29.2 Å². The largest absolute Gasteiger partial charge is 0.489 e. The first-order valence-corrected chi connectivity index (χ1v) is 12.2. The van der Waals surface area contributed by atoms with Crippen LogP contribution < -0.4 is 4.74 Å². The zero-order valence-corrected chi connectivity index (χ0v) is 20.9. The third kappa shape index (κ3) is 7.30. The smallest absolute Gasteiger partial charge is 0.171 e. The summed E-state index contributed by atoms with van der Waals surface area (Å²) in [4.78, 5) is 10.9. The third-order valence-electron chi connectivity index (χ3n) is 5.99. The van der Waals surface area contributed by atoms with Gasteiger partial charge in [-0.25, -0.2) is 4.39 Å². The maximum Gasteiger partial charge on any atom is 0.171 e. The number of piperazine rings is 1. The van der Waals surface area contributed by atoms with Crippen molar-refractivity contribution < 1.29 is 9.13 Å². The molecule has 2 aromatic heterocycles. The lowest BCUT2D eigenvalue weighted by molar-refractivity contribution is 0.0877. The second-order valence-corrected chi connectivity index (χ2v) is 9.15. The van der Waals surface area contributed by atoms with Crippen LogP contribution in [0.4, 0.5) is 4.39 Å². The highest BCUT2D eigenvalue weighted by atomic mass is 35.5. The highest BCUT2D eigenvalue weighted by Crippen LogP contribution is 2.19. The summed E-state index contributed by atoms with van der Waals surface area (Å²) in [6.45, 7) is 8.76. The first kappa shape index (κ1) is 25.2. The number of rotatable bonds is 10. The van der Waals surface area contributed by atoms with Crippen molar-refractivity contribution in [3.8, 4) is 5.75 Å². The van der Waals surface area contributed by atoms with Gasteiger partial charge in [-0.15, -0.1) is 10.2 Å². The van der Waals surface area contributed by atoms with Crippen LogP contribution in [0.5, 0.6) is 5.75 Å². The number of aryl methyl sites for hydroxylation is 1. The van der Waals surface area contributed by atoms with Gasteiger partial charge in [0.15, 0.2) is 5.82 Å². The van der Waals surface area contributed by atoms with E-state index in [4.69, 9.17) is 16.3 Å². The van der Waals surface area contributed by atoms with Crippen LogP contribution in [0.25, 0.3) is 6.08 Å². The molecule has 3 aromatic rings. The molecule has 0 saturated carbocycles. The SMILES string of the molecule is Cc1nnn(Cc2cc(Cl)ccc2/C=C/CN2CCN(Cc3ccc(OCCF)cn3)C[C@H]2C)n1. The normalized spacial score (nSPS) is 17.3. The molecule has 186 valence electrons. The topological polar surface area (TPSA) is 72.2 Å². The minimum Gasteiger partial charge on any atom is -0.489 e. The molecule has 1 atom stereocenters. The van der Waals surface area contributed by atoms with Crippen LogP contribution in [0, 0.1) is 6.92 Å². The maximum absolute atomic E-state index is 12.2. The van der Waals surface area contributed by atoms with Gasteiger partial charge in [-0.05, 0) is 54.5 Å². The van der Waals surface area contributed by atoms with Crippen LogP contribution in [0.15, 0.2) is 42.6 Å². The summed E-state index contributed by atoms with van der Waals surface area (Å²) in [5.74, 6) is 1.25. The van der Waals surface area contributed by atoms with Crippen molar-refractivity contribution in [3.05, 3.63) is 70.3 Å². The lowest BCUT2D eigenvalue weighted by Crippen LogP contribution is -2.51. The van der Waals surface area contributed by atoms with E-state index in [2.05, 4.69) is 49.3 Å². The molecule has 0 radical (unpaired) electrons. The Morgan fingerprint density at radius 3 is 2.80 bits per heavy atom. The van der Waals surface area contributed by atoms with Crippen LogP contribution in [-0.2, 0) is 13.1 Å². The average molecular weight is 500 g/mol. The van der Waals surface area contributed by atoms with E-state index in [9.17, 15) is 4.39 Å². The van der Waals surface area contributed by atoms with Gasteiger partial charge in [0, 0.05) is 43.8 Å². The quantitative estimate of drug-likeness (QED) is 0.421. The van der Waals surface area contributed by atoms with Crippen molar-refractivity contribution >= 4 is 17.7 Å². The van der Waals surface area contributed by atoms with Crippen molar-refractivity contribution in [1.29, 1.82) is 0 Å². The Labute approximate surface area is 210 Å². The Morgan fingerprint density at radius 2 is 2.09 bits per heavy atom. The molecule has 10 heteroatoms. The summed E-state index contributed by atoms with van der Waals surface area (Å²) in [5, 5.41) is 13.0. The van der Waals surface area contributed by atoms with Crippen LogP contribution in [0.3, 0.4) is 0 Å². The van der Waals surface area contributed by atoms with E-state index < -0.39 is 6.67 Å². The van der Waals surface area contributed by atoms with Gasteiger partial charge in [0.25, 0.3) is 0 Å². The number of alkyl halides is 1. The molecule has 8 nitrogen and oxygen atoms in total. The number of ether oxygens (including phenoxy) is 1. The summed E-state index contributed by atoms with van der Waals surface area (Å²) >= 11 is 6.24. The fourth-order valence-corrected chi connectivity index (χ4v) is 4.39. The second-order valence-electron chi connectivity index (χ2n) is 8.71. The number of tetrazole rings is 1. The molecular formula is C25H31ClFN7O. The predicted octanol–water partition coefficient (Wildman–Crippen LogP) is 3.65. The number of halogens is 2. The van der Waals surface area contributed by atoms with Gasteiger partial charge in [0.1, 0.15) is 19.0 Å². The van der Waals surface area contributed by atoms with Crippen molar-refractivity contribution in [1.82, 2.24) is 35.0 Å². The Balaban J connectivity index is 1.29. The van der Waals surface area contributed by atoms with Gasteiger partial charge in [-0.2, -0.15) is 4.80 Å². The molecule has 3 heterocycles. The van der Waals surface area contributed by atoms with E-state index >= 15 is 0 Å². The minimum atomic E-state index is -0.500.